The van der Waals surface area contributed by atoms with Crippen LogP contribution in [0, 0.1) is 0 Å². The molecule has 7 rings (SSSR count). The lowest BCUT2D eigenvalue weighted by molar-refractivity contribution is 0.0840. The summed E-state index contributed by atoms with van der Waals surface area (Å²) in [4.78, 5) is 16.7. The fourth-order valence-electron chi connectivity index (χ4n) is 6.45. The van der Waals surface area contributed by atoms with Gasteiger partial charge in [0.25, 0.3) is 0 Å². The van der Waals surface area contributed by atoms with Gasteiger partial charge in [-0.15, -0.1) is 0 Å². The first-order chi connectivity index (χ1) is 18.9. The van der Waals surface area contributed by atoms with E-state index in [1.54, 1.807) is 24.3 Å². The number of phenols is 3. The molecule has 0 radical (unpaired) electrons. The third-order valence-corrected chi connectivity index (χ3v) is 8.29. The van der Waals surface area contributed by atoms with E-state index in [9.17, 15) is 20.1 Å². The van der Waals surface area contributed by atoms with Gasteiger partial charge < -0.3 is 29.8 Å². The van der Waals surface area contributed by atoms with Gasteiger partial charge in [-0.3, -0.25) is 4.79 Å². The third-order valence-electron chi connectivity index (χ3n) is 8.29. The van der Waals surface area contributed by atoms with Crippen LogP contribution in [0.3, 0.4) is 0 Å². The molecular weight excluding hydrogens is 494 g/mol. The number of aromatic nitrogens is 1. The number of methoxy groups -OCH3 is 1. The predicted molar refractivity (Wildman–Crippen MR) is 147 cm³/mol. The van der Waals surface area contributed by atoms with Crippen LogP contribution in [0.25, 0.3) is 21.7 Å². The van der Waals surface area contributed by atoms with Crippen LogP contribution < -0.4 is 9.47 Å². The molecule has 1 aliphatic carbocycles. The van der Waals surface area contributed by atoms with Crippen LogP contribution in [0.4, 0.5) is 0 Å². The molecular formula is C32H27NO6. The molecule has 7 heteroatoms. The number of ether oxygens (including phenoxy) is 2. The molecule has 0 spiro atoms. The third kappa shape index (κ3) is 3.53. The van der Waals surface area contributed by atoms with E-state index in [0.717, 1.165) is 23.9 Å². The standard InChI is InChI=1S/C32H27NO6/c1-38-32-29(36)23(31-28(30(32)37)25(35)15-26(39-31)16-7-9-19(34)10-8-16)13-17-5-6-18-14-24-21(11-12-33-24)22-4-2-3-20(17)27(18)22/h2-4,7-12,14,17,26,33-34,36-37H,5-6,13,15H2,1H3. The van der Waals surface area contributed by atoms with Gasteiger partial charge in [-0.2, -0.15) is 0 Å². The maximum absolute atomic E-state index is 13.4. The fraction of sp³-hybridized carbons (Fsp3) is 0.219. The minimum atomic E-state index is -0.617. The second-order valence-corrected chi connectivity index (χ2v) is 10.4. The molecule has 2 unspecified atom stereocenters. The Kier molecular flexibility index (Phi) is 5.23. The van der Waals surface area contributed by atoms with Gasteiger partial charge in [-0.1, -0.05) is 30.3 Å². The van der Waals surface area contributed by atoms with E-state index in [-0.39, 0.29) is 46.7 Å². The SMILES string of the molecule is COc1c(O)c(CC2CCc3cc4[nH]ccc4c4cccc2c34)c2c(c1O)C(=O)CC(c1ccc(O)cc1)O2. The number of aromatic amines is 1. The van der Waals surface area contributed by atoms with Gasteiger partial charge in [0.05, 0.1) is 13.5 Å². The van der Waals surface area contributed by atoms with Gasteiger partial charge in [-0.25, -0.2) is 0 Å². The summed E-state index contributed by atoms with van der Waals surface area (Å²) in [6.45, 7) is 0. The molecule has 5 aromatic rings. The minimum Gasteiger partial charge on any atom is -0.508 e. The van der Waals surface area contributed by atoms with Crippen molar-refractivity contribution in [2.45, 2.75) is 37.7 Å². The number of H-pyrrole nitrogens is 1. The monoisotopic (exact) mass is 521 g/mol. The number of aromatic hydroxyl groups is 3. The number of carbonyl (C=O) groups is 1. The summed E-state index contributed by atoms with van der Waals surface area (Å²) in [6, 6.07) is 17.2. The van der Waals surface area contributed by atoms with Crippen molar-refractivity contribution < 1.29 is 29.6 Å². The van der Waals surface area contributed by atoms with Crippen molar-refractivity contribution in [3.63, 3.8) is 0 Å². The predicted octanol–water partition coefficient (Wildman–Crippen LogP) is 6.43. The molecule has 196 valence electrons. The van der Waals surface area contributed by atoms with E-state index < -0.39 is 11.9 Å². The van der Waals surface area contributed by atoms with Gasteiger partial charge in [0.2, 0.25) is 5.75 Å². The molecule has 2 heterocycles. The Morgan fingerprint density at radius 1 is 1.03 bits per heavy atom. The van der Waals surface area contributed by atoms with E-state index in [1.165, 1.54) is 34.4 Å². The molecule has 0 bridgehead atoms. The number of phenolic OH excluding ortho intramolecular Hbond substituents is 3. The van der Waals surface area contributed by atoms with Gasteiger partial charge in [0.15, 0.2) is 17.3 Å². The minimum absolute atomic E-state index is 0.0154. The van der Waals surface area contributed by atoms with Crippen molar-refractivity contribution in [3.05, 3.63) is 88.6 Å². The maximum atomic E-state index is 13.4. The number of Topliss-reactive ketones (excluding diaryl/α,β-unsaturated/α-hetero) is 1. The Morgan fingerprint density at radius 3 is 2.64 bits per heavy atom. The molecule has 7 nitrogen and oxygen atoms in total. The first-order valence-electron chi connectivity index (χ1n) is 13.1. The molecule has 0 fully saturated rings. The summed E-state index contributed by atoms with van der Waals surface area (Å²) < 4.78 is 11.7. The quantitative estimate of drug-likeness (QED) is 0.217. The zero-order chi connectivity index (χ0) is 26.8. The average Bonchev–Trinajstić information content (AvgIpc) is 3.41. The molecule has 4 aromatic carbocycles. The van der Waals surface area contributed by atoms with E-state index in [1.807, 2.05) is 6.20 Å². The summed E-state index contributed by atoms with van der Waals surface area (Å²) in [5, 5.41) is 35.6. The summed E-state index contributed by atoms with van der Waals surface area (Å²) in [7, 11) is 1.36. The Hall–Kier alpha value is -4.65. The van der Waals surface area contributed by atoms with Gasteiger partial charge in [-0.05, 0) is 76.9 Å². The Labute approximate surface area is 224 Å². The molecule has 4 N–H and O–H groups in total. The summed E-state index contributed by atoms with van der Waals surface area (Å²) >= 11 is 0. The molecule has 0 saturated carbocycles. The Bertz CT molecular complexity index is 1790. The number of hydrogen-bond donors (Lipinski definition) is 4. The Balaban J connectivity index is 1.36. The highest BCUT2D eigenvalue weighted by molar-refractivity contribution is 6.09. The molecule has 39 heavy (non-hydrogen) atoms. The molecule has 2 aliphatic rings. The maximum Gasteiger partial charge on any atom is 0.204 e. The number of aryl methyl sites for hydroxylation is 1. The highest BCUT2D eigenvalue weighted by atomic mass is 16.5. The smallest absolute Gasteiger partial charge is 0.204 e. The van der Waals surface area contributed by atoms with Crippen LogP contribution in [-0.2, 0) is 12.8 Å². The number of rotatable bonds is 4. The number of ketones is 1. The van der Waals surface area contributed by atoms with E-state index in [4.69, 9.17) is 9.47 Å². The van der Waals surface area contributed by atoms with Crippen molar-refractivity contribution in [2.24, 2.45) is 0 Å². The largest absolute Gasteiger partial charge is 0.508 e. The van der Waals surface area contributed by atoms with Gasteiger partial charge >= 0.3 is 0 Å². The van der Waals surface area contributed by atoms with Crippen LogP contribution in [0.1, 0.15) is 57.5 Å². The lowest BCUT2D eigenvalue weighted by Gasteiger charge is -2.31. The lowest BCUT2D eigenvalue weighted by atomic mass is 9.77. The van der Waals surface area contributed by atoms with Crippen LogP contribution in [0.5, 0.6) is 28.7 Å². The zero-order valence-corrected chi connectivity index (χ0v) is 21.3. The van der Waals surface area contributed by atoms with Crippen molar-refractivity contribution in [1.82, 2.24) is 4.98 Å². The van der Waals surface area contributed by atoms with Crippen molar-refractivity contribution >= 4 is 27.5 Å². The van der Waals surface area contributed by atoms with E-state index in [2.05, 4.69) is 35.3 Å². The van der Waals surface area contributed by atoms with Crippen LogP contribution in [-0.4, -0.2) is 33.2 Å². The number of benzene rings is 4. The highest BCUT2D eigenvalue weighted by Crippen LogP contribution is 2.53. The molecule has 0 saturated heterocycles. The first-order valence-corrected chi connectivity index (χ1v) is 13.1. The summed E-state index contributed by atoms with van der Waals surface area (Å²) in [5.41, 5.74) is 4.81. The molecule has 0 amide bonds. The van der Waals surface area contributed by atoms with Crippen LogP contribution >= 0.6 is 0 Å². The Morgan fingerprint density at radius 2 is 1.85 bits per heavy atom. The van der Waals surface area contributed by atoms with Crippen molar-refractivity contribution in [2.75, 3.05) is 7.11 Å². The normalized spacial score (nSPS) is 18.2. The van der Waals surface area contributed by atoms with Crippen LogP contribution in [0.15, 0.2) is 60.8 Å². The van der Waals surface area contributed by atoms with E-state index >= 15 is 0 Å². The van der Waals surface area contributed by atoms with Gasteiger partial charge in [0.1, 0.15) is 23.2 Å². The lowest BCUT2D eigenvalue weighted by Crippen LogP contribution is -2.23. The molecule has 1 aromatic heterocycles. The van der Waals surface area contributed by atoms with Gasteiger partial charge in [0, 0.05) is 22.7 Å². The van der Waals surface area contributed by atoms with Crippen molar-refractivity contribution in [1.29, 1.82) is 0 Å². The topological polar surface area (TPSA) is 112 Å². The van der Waals surface area contributed by atoms with Crippen LogP contribution in [0.2, 0.25) is 0 Å². The number of nitrogens with one attached hydrogen (secondary N) is 1. The fourth-order valence-corrected chi connectivity index (χ4v) is 6.45. The number of fused-ring (bicyclic) bond motifs is 3. The summed E-state index contributed by atoms with van der Waals surface area (Å²) in [5.74, 6) is -0.676. The summed E-state index contributed by atoms with van der Waals surface area (Å²) in [6.07, 6.45) is 3.49. The second-order valence-electron chi connectivity index (χ2n) is 10.4. The van der Waals surface area contributed by atoms with E-state index in [0.29, 0.717) is 12.0 Å². The van der Waals surface area contributed by atoms with Crippen molar-refractivity contribution in [3.8, 4) is 28.7 Å². The average molecular weight is 522 g/mol. The second kappa shape index (κ2) is 8.70. The highest BCUT2D eigenvalue weighted by Gasteiger charge is 2.37. The number of carbonyl (C=O) groups excluding carboxylic acids is 1. The molecule has 1 aliphatic heterocycles. The zero-order valence-electron chi connectivity index (χ0n) is 21.3. The number of hydrogen-bond acceptors (Lipinski definition) is 6. The molecule has 2 atom stereocenters. The first kappa shape index (κ1) is 23.5.